The van der Waals surface area contributed by atoms with E-state index in [0.717, 1.165) is 12.6 Å². The third-order valence-electron chi connectivity index (χ3n) is 2.52. The third kappa shape index (κ3) is 2.17. The van der Waals surface area contributed by atoms with Gasteiger partial charge in [0.15, 0.2) is 0 Å². The van der Waals surface area contributed by atoms with Crippen molar-refractivity contribution in [3.05, 3.63) is 0 Å². The van der Waals surface area contributed by atoms with Gasteiger partial charge in [-0.15, -0.1) is 0 Å². The summed E-state index contributed by atoms with van der Waals surface area (Å²) >= 11 is 0. The van der Waals surface area contributed by atoms with Crippen LogP contribution in [0, 0.1) is 5.92 Å². The Morgan fingerprint density at radius 1 is 1.27 bits per heavy atom. The fourth-order valence-corrected chi connectivity index (χ4v) is 1.46. The average molecular weight is 156 g/mol. The fraction of sp³-hybridized carbons (Fsp3) is 1.00. The van der Waals surface area contributed by atoms with Gasteiger partial charge in [0.2, 0.25) is 0 Å². The van der Waals surface area contributed by atoms with E-state index in [1.54, 1.807) is 0 Å². The van der Waals surface area contributed by atoms with Crippen molar-refractivity contribution in [2.45, 2.75) is 39.8 Å². The largest absolute Gasteiger partial charge is 0.300 e. The van der Waals surface area contributed by atoms with Crippen LogP contribution >= 0.6 is 0 Å². The number of hydrogen-bond acceptors (Lipinski definition) is 2. The van der Waals surface area contributed by atoms with Crippen LogP contribution in [0.4, 0.5) is 0 Å². The predicted molar refractivity (Wildman–Crippen MR) is 48.5 cm³/mol. The first kappa shape index (κ1) is 9.01. The van der Waals surface area contributed by atoms with Crippen molar-refractivity contribution in [2.24, 2.45) is 5.92 Å². The molecule has 1 fully saturated rings. The quantitative estimate of drug-likeness (QED) is 0.648. The highest BCUT2D eigenvalue weighted by Gasteiger charge is 2.24. The highest BCUT2D eigenvalue weighted by atomic mass is 15.3. The van der Waals surface area contributed by atoms with Crippen molar-refractivity contribution < 1.29 is 0 Å². The van der Waals surface area contributed by atoms with Crippen LogP contribution < -0.4 is 5.32 Å². The van der Waals surface area contributed by atoms with Gasteiger partial charge in [0, 0.05) is 25.3 Å². The molecule has 0 bridgehead atoms. The zero-order valence-corrected chi connectivity index (χ0v) is 8.09. The summed E-state index contributed by atoms with van der Waals surface area (Å²) in [6, 6.07) is 1.39. The molecule has 0 spiro atoms. The number of rotatable bonds is 2. The summed E-state index contributed by atoms with van der Waals surface area (Å²) in [5.74, 6) is 0.763. The van der Waals surface area contributed by atoms with Crippen LogP contribution in [0.1, 0.15) is 27.7 Å². The monoisotopic (exact) mass is 156 g/mol. The molecule has 1 unspecified atom stereocenters. The number of nitrogens with zero attached hydrogens (tertiary/aromatic N) is 1. The van der Waals surface area contributed by atoms with Crippen molar-refractivity contribution >= 4 is 0 Å². The minimum absolute atomic E-state index is 0.686. The van der Waals surface area contributed by atoms with Crippen molar-refractivity contribution in [3.8, 4) is 0 Å². The molecule has 0 amide bonds. The molecular weight excluding hydrogens is 136 g/mol. The molecule has 0 radical (unpaired) electrons. The fourth-order valence-electron chi connectivity index (χ4n) is 1.46. The molecule has 2 heteroatoms. The number of nitrogens with one attached hydrogen (secondary N) is 1. The van der Waals surface area contributed by atoms with Gasteiger partial charge in [0.05, 0.1) is 0 Å². The minimum atomic E-state index is 0.686. The van der Waals surface area contributed by atoms with Gasteiger partial charge in [-0.3, -0.25) is 10.2 Å². The molecule has 66 valence electrons. The van der Waals surface area contributed by atoms with E-state index in [9.17, 15) is 0 Å². The second kappa shape index (κ2) is 3.55. The molecule has 0 saturated carbocycles. The van der Waals surface area contributed by atoms with Gasteiger partial charge in [0.25, 0.3) is 0 Å². The Labute approximate surface area is 70.0 Å². The Hall–Kier alpha value is -0.0800. The Kier molecular flexibility index (Phi) is 2.90. The molecule has 1 atom stereocenters. The Balaban J connectivity index is 2.35. The second-order valence-corrected chi connectivity index (χ2v) is 4.08. The molecule has 0 aromatic heterocycles. The topological polar surface area (TPSA) is 15.3 Å². The highest BCUT2D eigenvalue weighted by molar-refractivity contribution is 4.82. The van der Waals surface area contributed by atoms with E-state index in [-0.39, 0.29) is 0 Å². The van der Waals surface area contributed by atoms with Crippen LogP contribution in [-0.2, 0) is 0 Å². The molecule has 11 heavy (non-hydrogen) atoms. The normalized spacial score (nSPS) is 27.3. The molecule has 1 aliphatic heterocycles. The summed E-state index contributed by atoms with van der Waals surface area (Å²) in [6.07, 6.45) is 0. The lowest BCUT2D eigenvalue weighted by molar-refractivity contribution is 0.265. The average Bonchev–Trinajstić information content (AvgIpc) is 2.33. The molecule has 0 aromatic carbocycles. The van der Waals surface area contributed by atoms with E-state index in [0.29, 0.717) is 12.1 Å². The number of hydrogen-bond donors (Lipinski definition) is 1. The molecule has 0 aliphatic carbocycles. The summed E-state index contributed by atoms with van der Waals surface area (Å²) in [5.41, 5.74) is 0. The van der Waals surface area contributed by atoms with Crippen LogP contribution in [0.2, 0.25) is 0 Å². The van der Waals surface area contributed by atoms with Crippen LogP contribution in [0.15, 0.2) is 0 Å². The molecule has 2 nitrogen and oxygen atoms in total. The Morgan fingerprint density at radius 2 is 1.91 bits per heavy atom. The van der Waals surface area contributed by atoms with Crippen LogP contribution in [-0.4, -0.2) is 30.2 Å². The van der Waals surface area contributed by atoms with Crippen LogP contribution in [0.5, 0.6) is 0 Å². The maximum Gasteiger partial charge on any atom is 0.0486 e. The zero-order valence-electron chi connectivity index (χ0n) is 8.09. The first-order valence-electron chi connectivity index (χ1n) is 4.58. The molecule has 1 N–H and O–H groups in total. The lowest BCUT2D eigenvalue weighted by Gasteiger charge is -2.19. The van der Waals surface area contributed by atoms with Gasteiger partial charge in [0.1, 0.15) is 0 Å². The first-order chi connectivity index (χ1) is 5.11. The lowest BCUT2D eigenvalue weighted by Crippen LogP contribution is -2.30. The van der Waals surface area contributed by atoms with Gasteiger partial charge >= 0.3 is 0 Å². The van der Waals surface area contributed by atoms with Crippen molar-refractivity contribution in [1.82, 2.24) is 10.2 Å². The summed E-state index contributed by atoms with van der Waals surface area (Å²) in [7, 11) is 0. The summed E-state index contributed by atoms with van der Waals surface area (Å²) < 4.78 is 0. The zero-order chi connectivity index (χ0) is 8.43. The van der Waals surface area contributed by atoms with Gasteiger partial charge < -0.3 is 0 Å². The first-order valence-corrected chi connectivity index (χ1v) is 4.58. The van der Waals surface area contributed by atoms with Gasteiger partial charge in [-0.2, -0.15) is 0 Å². The Bertz CT molecular complexity index is 107. The molecule has 0 aromatic rings. The maximum absolute atomic E-state index is 3.51. The molecule has 1 saturated heterocycles. The third-order valence-corrected chi connectivity index (χ3v) is 2.52. The van der Waals surface area contributed by atoms with Gasteiger partial charge in [-0.1, -0.05) is 13.8 Å². The summed E-state index contributed by atoms with van der Waals surface area (Å²) in [5, 5.41) is 3.51. The molecule has 1 heterocycles. The van der Waals surface area contributed by atoms with Crippen molar-refractivity contribution in [3.63, 3.8) is 0 Å². The van der Waals surface area contributed by atoms with E-state index in [2.05, 4.69) is 37.9 Å². The molecular formula is C9H20N2. The smallest absolute Gasteiger partial charge is 0.0486 e. The summed E-state index contributed by atoms with van der Waals surface area (Å²) in [4.78, 5) is 2.48. The highest BCUT2D eigenvalue weighted by Crippen LogP contribution is 2.11. The maximum atomic E-state index is 3.51. The van der Waals surface area contributed by atoms with E-state index < -0.39 is 0 Å². The predicted octanol–water partition coefficient (Wildman–Crippen LogP) is 1.28. The van der Waals surface area contributed by atoms with E-state index in [4.69, 9.17) is 0 Å². The molecule has 1 rings (SSSR count). The van der Waals surface area contributed by atoms with Gasteiger partial charge in [-0.25, -0.2) is 0 Å². The van der Waals surface area contributed by atoms with E-state index in [1.807, 2.05) is 0 Å². The Morgan fingerprint density at radius 3 is 2.18 bits per heavy atom. The standard InChI is InChI=1S/C9H20N2/c1-7(2)9-5-11(6-10-9)8(3)4/h7-10H,5-6H2,1-4H3. The van der Waals surface area contributed by atoms with E-state index in [1.165, 1.54) is 6.54 Å². The van der Waals surface area contributed by atoms with Crippen molar-refractivity contribution in [1.29, 1.82) is 0 Å². The summed E-state index contributed by atoms with van der Waals surface area (Å²) in [6.45, 7) is 11.4. The SMILES string of the molecule is CC(C)C1CN(C(C)C)CN1. The molecule has 1 aliphatic rings. The second-order valence-electron chi connectivity index (χ2n) is 4.08. The van der Waals surface area contributed by atoms with Crippen molar-refractivity contribution in [2.75, 3.05) is 13.2 Å². The lowest BCUT2D eigenvalue weighted by atomic mass is 10.1. The van der Waals surface area contributed by atoms with Crippen LogP contribution in [0.25, 0.3) is 0 Å². The minimum Gasteiger partial charge on any atom is -0.300 e. The van der Waals surface area contributed by atoms with E-state index >= 15 is 0 Å². The van der Waals surface area contributed by atoms with Crippen LogP contribution in [0.3, 0.4) is 0 Å². The van der Waals surface area contributed by atoms with Gasteiger partial charge in [-0.05, 0) is 19.8 Å².